The number of phosphoric ester groups is 1. The zero-order valence-corrected chi connectivity index (χ0v) is 62.2. The van der Waals surface area contributed by atoms with Gasteiger partial charge in [0.2, 0.25) is 35.4 Å². The van der Waals surface area contributed by atoms with Crippen molar-refractivity contribution in [1.82, 2.24) is 31.9 Å². The van der Waals surface area contributed by atoms with E-state index in [1.807, 2.05) is 0 Å². The number of aliphatic hydroxyl groups is 10. The van der Waals surface area contributed by atoms with Crippen molar-refractivity contribution in [2.24, 2.45) is 23.7 Å². The number of nitrogens with one attached hydrogen (secondary N) is 6. The maximum absolute atomic E-state index is 14.4. The van der Waals surface area contributed by atoms with E-state index in [2.05, 4.69) is 36.4 Å². The van der Waals surface area contributed by atoms with Gasteiger partial charge in [-0.25, -0.2) is 4.57 Å². The molecule has 3 fully saturated rings. The summed E-state index contributed by atoms with van der Waals surface area (Å²) in [5, 5.41) is 117. The smallest absolute Gasteiger partial charge is 0.396 e. The van der Waals surface area contributed by atoms with Crippen molar-refractivity contribution in [1.29, 1.82) is 0 Å². The summed E-state index contributed by atoms with van der Waals surface area (Å²) in [6.45, 7) is 5.37. The number of hydrogen-bond donors (Lipinski definition) is 18. The monoisotopic (exact) mass is 1500 g/mol. The Hall–Kier alpha value is -3.71. The van der Waals surface area contributed by atoms with Gasteiger partial charge in [0.25, 0.3) is 0 Å². The Labute approximate surface area is 608 Å². The number of carbonyl (C=O) groups is 6. The van der Waals surface area contributed by atoms with E-state index in [1.54, 1.807) is 20.8 Å². The summed E-state index contributed by atoms with van der Waals surface area (Å²) in [7, 11) is -4.60. The molecule has 0 aliphatic carbocycles. The zero-order valence-electron chi connectivity index (χ0n) is 61.3. The van der Waals surface area contributed by atoms with E-state index in [-0.39, 0.29) is 94.7 Å². The molecule has 3 heterocycles. The van der Waals surface area contributed by atoms with Gasteiger partial charge in [-0.1, -0.05) is 91.4 Å². The van der Waals surface area contributed by atoms with Gasteiger partial charge in [-0.2, -0.15) is 0 Å². The molecular formula is C70H131N6O26P. The quantitative estimate of drug-likeness (QED) is 0.0303. The van der Waals surface area contributed by atoms with Crippen LogP contribution >= 0.6 is 7.82 Å². The Morgan fingerprint density at radius 3 is 1.05 bits per heavy atom. The molecule has 16 unspecified atom stereocenters. The molecule has 0 radical (unpaired) electrons. The number of ether oxygens (including phenoxy) is 6. The first kappa shape index (κ1) is 93.5. The van der Waals surface area contributed by atoms with Crippen LogP contribution in [0.1, 0.15) is 220 Å². The van der Waals surface area contributed by atoms with Gasteiger partial charge in [0, 0.05) is 102 Å². The van der Waals surface area contributed by atoms with Crippen molar-refractivity contribution < 1.29 is 127 Å². The Morgan fingerprint density at radius 1 is 0.379 bits per heavy atom. The van der Waals surface area contributed by atoms with Crippen LogP contribution in [-0.2, 0) is 66.3 Å². The van der Waals surface area contributed by atoms with Crippen LogP contribution in [0.5, 0.6) is 0 Å². The lowest BCUT2D eigenvalue weighted by Crippen LogP contribution is -2.55. The number of hydrogen-bond acceptors (Lipinski definition) is 24. The van der Waals surface area contributed by atoms with E-state index in [1.165, 1.54) is 0 Å². The highest BCUT2D eigenvalue weighted by atomic mass is 31.2. The third-order valence-electron chi connectivity index (χ3n) is 19.3. The molecule has 3 rings (SSSR count). The number of amides is 6. The molecule has 3 aliphatic rings. The molecule has 0 saturated carbocycles. The molecular weight excluding hydrogens is 1370 g/mol. The Balaban J connectivity index is 1.53. The molecule has 18 N–H and O–H groups in total. The largest absolute Gasteiger partial charge is 0.469 e. The molecule has 0 bridgehead atoms. The summed E-state index contributed by atoms with van der Waals surface area (Å²) in [6.07, 6.45) is 6.09. The maximum Gasteiger partial charge on any atom is 0.469 e. The Bertz CT molecular complexity index is 2350. The fourth-order valence-electron chi connectivity index (χ4n) is 12.5. The van der Waals surface area contributed by atoms with Crippen LogP contribution in [0.25, 0.3) is 0 Å². The molecule has 0 aromatic carbocycles. The number of unbranched alkanes of at least 4 members (excludes halogenated alkanes) is 17. The lowest BCUT2D eigenvalue weighted by Gasteiger charge is -2.40. The van der Waals surface area contributed by atoms with Crippen LogP contribution in [-0.4, -0.2) is 261 Å². The highest BCUT2D eigenvalue weighted by Gasteiger charge is 2.45. The van der Waals surface area contributed by atoms with Gasteiger partial charge >= 0.3 is 7.82 Å². The normalized spacial score (nSPS) is 26.0. The molecule has 0 aromatic heterocycles. The molecule has 18 atom stereocenters. The second-order valence-electron chi connectivity index (χ2n) is 28.0. The van der Waals surface area contributed by atoms with Gasteiger partial charge in [0.1, 0.15) is 48.7 Å². The second kappa shape index (κ2) is 54.8. The standard InChI is InChI=1S/C70H131N6O26P/c1-47-60(85)63(88)53(43-78)100-68(47)96-39-25-11-15-32-57(82)72-36-23-19-29-51(66(91)74-38-21-10-8-6-4-5-7-9-14-31-56(81)71-35-22-18-28-50(42-77)46-99-103(93,94)95)76-67(92)52(75-59(84)34-17-13-27-41-98-70-49(3)62(87)65(90)55(45-80)102-70)30-20-24-37-73-58(83)33-16-12-26-40-97-69-48(2)61(86)64(89)54(44-79)101-69/h47-55,60-65,68-70,77-80,85-90H,4-46H2,1-3H3,(H,71,81)(H,72,82)(H,73,83)(H,74,91)(H,75,84)(H,76,92)(H2,93,94,95)/t47?,48?,49?,50?,51-,52-,53?,54?,55?,60?,61?,62?,63?,64?,65?,68?,69?,70?/m0/s1. The van der Waals surface area contributed by atoms with Crippen molar-refractivity contribution in [3.63, 3.8) is 0 Å². The topological polar surface area (TPSA) is 499 Å². The number of rotatable bonds is 59. The first-order valence-electron chi connectivity index (χ1n) is 38.1. The fraction of sp³-hybridized carbons (Fsp3) is 0.914. The SMILES string of the molecule is CC1C(OCCCCCC(=O)NCCCC[C@H](NC(=O)CCCCCOC2OC(CO)C(O)C(O)C2C)C(=O)N[C@@H](CCCCNC(=O)CCCCCOC2OC(CO)C(O)C(O)C2C)C(=O)NCCCCCCCCCCCC(=O)NCCCCC(CO)COP(=O)(O)O)OC(CO)C(O)C1O. The summed E-state index contributed by atoms with van der Waals surface area (Å²) in [5.74, 6) is -3.67. The van der Waals surface area contributed by atoms with E-state index in [9.17, 15) is 84.4 Å². The Morgan fingerprint density at radius 2 is 0.689 bits per heavy atom. The van der Waals surface area contributed by atoms with E-state index in [0.29, 0.717) is 142 Å². The third-order valence-corrected chi connectivity index (χ3v) is 19.8. The molecule has 0 spiro atoms. The van der Waals surface area contributed by atoms with E-state index >= 15 is 0 Å². The van der Waals surface area contributed by atoms with Gasteiger partial charge in [0.05, 0.1) is 44.7 Å². The molecule has 32 nitrogen and oxygen atoms in total. The molecule has 3 saturated heterocycles. The van der Waals surface area contributed by atoms with Crippen LogP contribution in [0, 0.1) is 23.7 Å². The fourth-order valence-corrected chi connectivity index (χ4v) is 12.9. The third kappa shape index (κ3) is 39.3. The average molecular weight is 1500 g/mol. The van der Waals surface area contributed by atoms with Gasteiger partial charge in [-0.3, -0.25) is 33.3 Å². The van der Waals surface area contributed by atoms with E-state index < -0.39 is 143 Å². The van der Waals surface area contributed by atoms with Crippen LogP contribution in [0.3, 0.4) is 0 Å². The molecule has 33 heteroatoms. The van der Waals surface area contributed by atoms with Crippen LogP contribution in [0.2, 0.25) is 0 Å². The van der Waals surface area contributed by atoms with Crippen molar-refractivity contribution in [3.05, 3.63) is 0 Å². The number of carbonyl (C=O) groups excluding carboxylic acids is 6. The van der Waals surface area contributed by atoms with Gasteiger partial charge in [-0.15, -0.1) is 0 Å². The van der Waals surface area contributed by atoms with E-state index in [4.69, 9.17) is 38.2 Å². The zero-order chi connectivity index (χ0) is 76.0. The molecule has 3 aliphatic heterocycles. The predicted molar refractivity (Wildman–Crippen MR) is 376 cm³/mol. The van der Waals surface area contributed by atoms with Crippen LogP contribution < -0.4 is 31.9 Å². The lowest BCUT2D eigenvalue weighted by molar-refractivity contribution is -0.282. The minimum atomic E-state index is -4.60. The van der Waals surface area contributed by atoms with Crippen LogP contribution in [0.4, 0.5) is 0 Å². The van der Waals surface area contributed by atoms with Crippen molar-refractivity contribution >= 4 is 43.3 Å². The average Bonchev–Trinajstić information content (AvgIpc) is 0.834. The summed E-state index contributed by atoms with van der Waals surface area (Å²) in [5.41, 5.74) is 0. The van der Waals surface area contributed by atoms with E-state index in [0.717, 1.165) is 51.4 Å². The number of phosphoric acid groups is 1. The molecule has 602 valence electrons. The van der Waals surface area contributed by atoms with Crippen molar-refractivity contribution in [2.45, 2.75) is 306 Å². The summed E-state index contributed by atoms with van der Waals surface area (Å²) in [6, 6.07) is -2.02. The van der Waals surface area contributed by atoms with Gasteiger partial charge in [0.15, 0.2) is 18.9 Å². The minimum Gasteiger partial charge on any atom is -0.396 e. The molecule has 0 aromatic rings. The predicted octanol–water partition coefficient (Wildman–Crippen LogP) is 1.51. The summed E-state index contributed by atoms with van der Waals surface area (Å²) < 4.78 is 49.7. The first-order valence-corrected chi connectivity index (χ1v) is 39.6. The van der Waals surface area contributed by atoms with Gasteiger partial charge < -0.3 is 121 Å². The first-order chi connectivity index (χ1) is 49.3. The summed E-state index contributed by atoms with van der Waals surface area (Å²) >= 11 is 0. The summed E-state index contributed by atoms with van der Waals surface area (Å²) in [4.78, 5) is 97.7. The molecule has 6 amide bonds. The highest BCUT2D eigenvalue weighted by molar-refractivity contribution is 7.46. The van der Waals surface area contributed by atoms with Crippen molar-refractivity contribution in [3.8, 4) is 0 Å². The van der Waals surface area contributed by atoms with Gasteiger partial charge in [-0.05, 0) is 103 Å². The Kier molecular flexibility index (Phi) is 49.7. The lowest BCUT2D eigenvalue weighted by atomic mass is 9.92. The van der Waals surface area contributed by atoms with Crippen LogP contribution in [0.15, 0.2) is 0 Å². The molecule has 103 heavy (non-hydrogen) atoms. The van der Waals surface area contributed by atoms with Crippen molar-refractivity contribution in [2.75, 3.05) is 79.0 Å². The maximum atomic E-state index is 14.4. The highest BCUT2D eigenvalue weighted by Crippen LogP contribution is 2.37. The number of aliphatic hydroxyl groups excluding tert-OH is 10. The second-order valence-corrected chi connectivity index (χ2v) is 29.3. The minimum absolute atomic E-state index is 0.0335.